The molecule has 1 N–H and O–H groups in total. The molecule has 1 aromatic heterocycles. The van der Waals surface area contributed by atoms with E-state index >= 15 is 0 Å². The number of pyridine rings is 1. The molecule has 1 heterocycles. The van der Waals surface area contributed by atoms with E-state index in [9.17, 15) is 4.79 Å². The Morgan fingerprint density at radius 1 is 1.65 bits per heavy atom. The first-order valence-corrected chi connectivity index (χ1v) is 5.60. The Labute approximate surface area is 106 Å². The highest BCUT2D eigenvalue weighted by atomic mass is 35.5. The third kappa shape index (κ3) is 4.97. The summed E-state index contributed by atoms with van der Waals surface area (Å²) in [5.41, 5.74) is 1.32. The standard InChI is InChI=1S/C12H15ClN2O2/c1-9(2)8-17-7-6-15-12(16)10-4-3-5-14-11(10)13/h3-5H,1,6-8H2,2H3,(H,15,16). The van der Waals surface area contributed by atoms with Crippen molar-refractivity contribution in [3.05, 3.63) is 41.2 Å². The lowest BCUT2D eigenvalue weighted by Crippen LogP contribution is -2.27. The maximum Gasteiger partial charge on any atom is 0.254 e. The summed E-state index contributed by atoms with van der Waals surface area (Å²) in [5.74, 6) is -0.248. The molecule has 1 rings (SSSR count). The molecule has 0 radical (unpaired) electrons. The van der Waals surface area contributed by atoms with Crippen molar-refractivity contribution in [2.24, 2.45) is 0 Å². The number of carbonyl (C=O) groups is 1. The van der Waals surface area contributed by atoms with Gasteiger partial charge in [0.05, 0.1) is 18.8 Å². The summed E-state index contributed by atoms with van der Waals surface area (Å²) >= 11 is 5.79. The second-order valence-corrected chi connectivity index (χ2v) is 3.97. The maximum absolute atomic E-state index is 11.7. The predicted molar refractivity (Wildman–Crippen MR) is 67.2 cm³/mol. The molecule has 5 heteroatoms. The number of aromatic nitrogens is 1. The Bertz CT molecular complexity index is 407. The van der Waals surface area contributed by atoms with E-state index in [4.69, 9.17) is 16.3 Å². The highest BCUT2D eigenvalue weighted by Crippen LogP contribution is 2.10. The zero-order chi connectivity index (χ0) is 12.7. The first kappa shape index (κ1) is 13.7. The van der Waals surface area contributed by atoms with Crippen molar-refractivity contribution in [3.8, 4) is 0 Å². The fourth-order valence-electron chi connectivity index (χ4n) is 1.13. The summed E-state index contributed by atoms with van der Waals surface area (Å²) < 4.78 is 5.25. The summed E-state index contributed by atoms with van der Waals surface area (Å²) in [6.45, 7) is 6.96. The van der Waals surface area contributed by atoms with Crippen LogP contribution in [0.3, 0.4) is 0 Å². The van der Waals surface area contributed by atoms with E-state index in [-0.39, 0.29) is 11.1 Å². The van der Waals surface area contributed by atoms with E-state index in [0.29, 0.717) is 25.3 Å². The van der Waals surface area contributed by atoms with Crippen LogP contribution in [0.5, 0.6) is 0 Å². The first-order valence-electron chi connectivity index (χ1n) is 5.22. The van der Waals surface area contributed by atoms with Gasteiger partial charge in [0.25, 0.3) is 5.91 Å². The molecule has 0 aliphatic carbocycles. The molecule has 17 heavy (non-hydrogen) atoms. The SMILES string of the molecule is C=C(C)COCCNC(=O)c1cccnc1Cl. The number of ether oxygens (including phenoxy) is 1. The quantitative estimate of drug-likeness (QED) is 0.480. The van der Waals surface area contributed by atoms with Gasteiger partial charge in [0.15, 0.2) is 0 Å². The molecule has 0 saturated carbocycles. The summed E-state index contributed by atoms with van der Waals surface area (Å²) in [6, 6.07) is 3.29. The lowest BCUT2D eigenvalue weighted by molar-refractivity contribution is 0.0926. The number of nitrogens with one attached hydrogen (secondary N) is 1. The van der Waals surface area contributed by atoms with Crippen LogP contribution in [0.15, 0.2) is 30.5 Å². The van der Waals surface area contributed by atoms with E-state index < -0.39 is 0 Å². The molecular weight excluding hydrogens is 240 g/mol. The Morgan fingerprint density at radius 3 is 3.06 bits per heavy atom. The number of halogens is 1. The number of hydrogen-bond donors (Lipinski definition) is 1. The van der Waals surface area contributed by atoms with Crippen molar-refractivity contribution in [2.75, 3.05) is 19.8 Å². The highest BCUT2D eigenvalue weighted by molar-refractivity contribution is 6.32. The summed E-state index contributed by atoms with van der Waals surface area (Å²) in [7, 11) is 0. The van der Waals surface area contributed by atoms with E-state index in [1.54, 1.807) is 12.1 Å². The Balaban J connectivity index is 2.31. The second-order valence-electron chi connectivity index (χ2n) is 3.61. The van der Waals surface area contributed by atoms with Gasteiger partial charge in [0.1, 0.15) is 5.15 Å². The molecule has 0 atom stereocenters. The van der Waals surface area contributed by atoms with E-state index in [0.717, 1.165) is 5.57 Å². The smallest absolute Gasteiger partial charge is 0.254 e. The zero-order valence-corrected chi connectivity index (χ0v) is 10.5. The van der Waals surface area contributed by atoms with Crippen molar-refractivity contribution in [1.82, 2.24) is 10.3 Å². The number of rotatable bonds is 6. The first-order chi connectivity index (χ1) is 8.11. The van der Waals surface area contributed by atoms with Gasteiger partial charge in [-0.3, -0.25) is 4.79 Å². The van der Waals surface area contributed by atoms with Crippen LogP contribution < -0.4 is 5.32 Å². The Morgan fingerprint density at radius 2 is 2.41 bits per heavy atom. The molecule has 0 aliphatic rings. The van der Waals surface area contributed by atoms with Gasteiger partial charge < -0.3 is 10.1 Å². The normalized spacial score (nSPS) is 10.0. The largest absolute Gasteiger partial charge is 0.375 e. The van der Waals surface area contributed by atoms with Gasteiger partial charge in [0, 0.05) is 12.7 Å². The number of carbonyl (C=O) groups excluding carboxylic acids is 1. The van der Waals surface area contributed by atoms with Crippen LogP contribution in [-0.2, 0) is 4.74 Å². The van der Waals surface area contributed by atoms with Crippen molar-refractivity contribution in [3.63, 3.8) is 0 Å². The third-order valence-corrected chi connectivity index (χ3v) is 2.19. The van der Waals surface area contributed by atoms with Crippen molar-refractivity contribution < 1.29 is 9.53 Å². The number of nitrogens with zero attached hydrogens (tertiary/aromatic N) is 1. The molecule has 0 unspecified atom stereocenters. The molecule has 0 saturated heterocycles. The van der Waals surface area contributed by atoms with Crippen LogP contribution in [0.4, 0.5) is 0 Å². The topological polar surface area (TPSA) is 51.2 Å². The molecule has 0 aromatic carbocycles. The minimum absolute atomic E-state index is 0.202. The Hall–Kier alpha value is -1.39. The zero-order valence-electron chi connectivity index (χ0n) is 9.70. The molecule has 0 aliphatic heterocycles. The van der Waals surface area contributed by atoms with Gasteiger partial charge in [-0.05, 0) is 19.1 Å². The van der Waals surface area contributed by atoms with E-state index in [1.807, 2.05) is 6.92 Å². The van der Waals surface area contributed by atoms with Crippen molar-refractivity contribution in [2.45, 2.75) is 6.92 Å². The summed E-state index contributed by atoms with van der Waals surface area (Å²) in [6.07, 6.45) is 1.54. The van der Waals surface area contributed by atoms with Crippen LogP contribution in [0.1, 0.15) is 17.3 Å². The average molecular weight is 255 g/mol. The lowest BCUT2D eigenvalue weighted by atomic mass is 10.3. The van der Waals surface area contributed by atoms with E-state index in [2.05, 4.69) is 16.9 Å². The molecule has 92 valence electrons. The van der Waals surface area contributed by atoms with Crippen LogP contribution in [0.25, 0.3) is 0 Å². The second kappa shape index (κ2) is 7.04. The minimum Gasteiger partial charge on any atom is -0.375 e. The van der Waals surface area contributed by atoms with Gasteiger partial charge >= 0.3 is 0 Å². The predicted octanol–water partition coefficient (Wildman–Crippen LogP) is 2.06. The maximum atomic E-state index is 11.7. The van der Waals surface area contributed by atoms with Gasteiger partial charge in [-0.1, -0.05) is 23.8 Å². The minimum atomic E-state index is -0.248. The van der Waals surface area contributed by atoms with Gasteiger partial charge in [0.2, 0.25) is 0 Å². The molecule has 1 aromatic rings. The van der Waals surface area contributed by atoms with Crippen LogP contribution in [-0.4, -0.2) is 30.6 Å². The molecule has 0 fully saturated rings. The van der Waals surface area contributed by atoms with E-state index in [1.165, 1.54) is 6.20 Å². The highest BCUT2D eigenvalue weighted by Gasteiger charge is 2.09. The van der Waals surface area contributed by atoms with Gasteiger partial charge in [-0.2, -0.15) is 0 Å². The van der Waals surface area contributed by atoms with Crippen LogP contribution in [0, 0.1) is 0 Å². The molecular formula is C12H15ClN2O2. The molecule has 1 amide bonds. The number of amides is 1. The van der Waals surface area contributed by atoms with Crippen LogP contribution in [0.2, 0.25) is 5.15 Å². The van der Waals surface area contributed by atoms with Crippen LogP contribution >= 0.6 is 11.6 Å². The third-order valence-electron chi connectivity index (χ3n) is 1.88. The lowest BCUT2D eigenvalue weighted by Gasteiger charge is -2.06. The summed E-state index contributed by atoms with van der Waals surface area (Å²) in [4.78, 5) is 15.5. The molecule has 4 nitrogen and oxygen atoms in total. The Kier molecular flexibility index (Phi) is 5.66. The number of hydrogen-bond acceptors (Lipinski definition) is 3. The monoisotopic (exact) mass is 254 g/mol. The summed E-state index contributed by atoms with van der Waals surface area (Å²) in [5, 5.41) is 2.90. The molecule has 0 bridgehead atoms. The fourth-order valence-corrected chi connectivity index (χ4v) is 1.34. The van der Waals surface area contributed by atoms with Gasteiger partial charge in [-0.25, -0.2) is 4.98 Å². The van der Waals surface area contributed by atoms with Crippen molar-refractivity contribution in [1.29, 1.82) is 0 Å². The van der Waals surface area contributed by atoms with Crippen molar-refractivity contribution >= 4 is 17.5 Å². The van der Waals surface area contributed by atoms with Gasteiger partial charge in [-0.15, -0.1) is 0 Å². The average Bonchev–Trinajstić information content (AvgIpc) is 2.28. The molecule has 0 spiro atoms. The fraction of sp³-hybridized carbons (Fsp3) is 0.333.